The number of halogens is 1. The summed E-state index contributed by atoms with van der Waals surface area (Å²) in [5, 5.41) is 0.676. The number of esters is 1. The Labute approximate surface area is 140 Å². The van der Waals surface area contributed by atoms with Crippen molar-refractivity contribution in [1.82, 2.24) is 0 Å². The Kier molecular flexibility index (Phi) is 8.66. The van der Waals surface area contributed by atoms with Gasteiger partial charge in [-0.05, 0) is 18.4 Å². The van der Waals surface area contributed by atoms with Gasteiger partial charge in [0.1, 0.15) is 0 Å². The molecule has 1 aromatic carbocycles. The lowest BCUT2D eigenvalue weighted by molar-refractivity contribution is -0.145. The van der Waals surface area contributed by atoms with E-state index < -0.39 is 0 Å². The molecule has 0 radical (unpaired) electrons. The molecule has 1 unspecified atom stereocenters. The maximum absolute atomic E-state index is 11.5. The van der Waals surface area contributed by atoms with Crippen LogP contribution < -0.4 is 0 Å². The Morgan fingerprint density at radius 3 is 2.67 bits per heavy atom. The molecular weight excluding hydrogens is 324 g/mol. The third-order valence-corrected chi connectivity index (χ3v) is 4.73. The average molecular weight is 343 g/mol. The van der Waals surface area contributed by atoms with Gasteiger partial charge in [0.15, 0.2) is 0 Å². The number of methoxy groups -OCH3 is 1. The summed E-state index contributed by atoms with van der Waals surface area (Å²) in [6.45, 7) is 1.95. The van der Waals surface area contributed by atoms with E-state index in [1.165, 1.54) is 7.11 Å². The minimum absolute atomic E-state index is 0.176. The Morgan fingerprint density at radius 1 is 1.43 bits per heavy atom. The molecule has 0 amide bonds. The van der Waals surface area contributed by atoms with Gasteiger partial charge in [-0.2, -0.15) is 0 Å². The molecule has 1 atom stereocenters. The Morgan fingerprint density at radius 2 is 2.10 bits per heavy atom. The molecule has 0 heterocycles. The molecule has 0 fully saturated rings. The average Bonchev–Trinajstić information content (AvgIpc) is 2.52. The fraction of sp³-hybridized carbons (Fsp3) is 0.375. The fourth-order valence-corrected chi connectivity index (χ4v) is 3.18. The van der Waals surface area contributed by atoms with Crippen molar-refractivity contribution in [3.63, 3.8) is 0 Å². The van der Waals surface area contributed by atoms with Crippen molar-refractivity contribution in [2.24, 2.45) is 5.92 Å². The molecule has 0 saturated heterocycles. The zero-order chi connectivity index (χ0) is 15.7. The number of ether oxygens (including phenoxy) is 1. The number of allylic oxidation sites excluding steroid dienone is 1. The van der Waals surface area contributed by atoms with Crippen LogP contribution in [0.15, 0.2) is 41.4 Å². The van der Waals surface area contributed by atoms with Gasteiger partial charge in [-0.15, -0.1) is 11.8 Å². The van der Waals surface area contributed by atoms with Crippen molar-refractivity contribution in [2.75, 3.05) is 12.9 Å². The maximum Gasteiger partial charge on any atom is 0.309 e. The third-order valence-electron chi connectivity index (χ3n) is 3.00. The van der Waals surface area contributed by atoms with E-state index in [-0.39, 0.29) is 11.9 Å². The highest BCUT2D eigenvalue weighted by Gasteiger charge is 2.17. The second kappa shape index (κ2) is 9.98. The number of carbonyl (C=O) groups is 1. The highest BCUT2D eigenvalue weighted by molar-refractivity contribution is 8.23. The van der Waals surface area contributed by atoms with Crippen LogP contribution >= 0.6 is 35.6 Å². The number of hydrogen-bond acceptors (Lipinski definition) is 4. The summed E-state index contributed by atoms with van der Waals surface area (Å²) in [4.78, 5) is 11.5. The van der Waals surface area contributed by atoms with Gasteiger partial charge in [0, 0.05) is 10.8 Å². The van der Waals surface area contributed by atoms with Gasteiger partial charge >= 0.3 is 5.97 Å². The lowest BCUT2D eigenvalue weighted by atomic mass is 10.0. The summed E-state index contributed by atoms with van der Waals surface area (Å²) in [5.74, 6) is 0.311. The zero-order valence-electron chi connectivity index (χ0n) is 12.2. The molecule has 0 aliphatic heterocycles. The second-order valence-electron chi connectivity index (χ2n) is 4.45. The van der Waals surface area contributed by atoms with Crippen LogP contribution in [0.3, 0.4) is 0 Å². The standard InChI is InChI=1S/C16H19ClO2S2/c1-3-12(15(18)19-2)11-14(17)9-10-21-16(20)13-7-5-4-6-8-13/h4-9,12H,3,10-11H2,1-2H3. The zero-order valence-corrected chi connectivity index (χ0v) is 14.6. The highest BCUT2D eigenvalue weighted by atomic mass is 35.5. The van der Waals surface area contributed by atoms with Crippen LogP contribution in [0.2, 0.25) is 0 Å². The molecule has 21 heavy (non-hydrogen) atoms. The Bertz CT molecular complexity index is 500. The number of thiocarbonyl (C=S) groups is 1. The van der Waals surface area contributed by atoms with E-state index in [4.69, 9.17) is 28.6 Å². The molecule has 1 rings (SSSR count). The summed E-state index contributed by atoms with van der Waals surface area (Å²) in [6, 6.07) is 9.88. The maximum atomic E-state index is 11.5. The molecule has 114 valence electrons. The molecule has 5 heteroatoms. The quantitative estimate of drug-likeness (QED) is 0.525. The molecule has 0 aliphatic carbocycles. The second-order valence-corrected chi connectivity index (χ2v) is 6.63. The first-order valence-electron chi connectivity index (χ1n) is 6.73. The SMILES string of the molecule is CCC(CC(Cl)=CCSC(=S)c1ccccc1)C(=O)OC. The third kappa shape index (κ3) is 6.64. The van der Waals surface area contributed by atoms with E-state index in [9.17, 15) is 4.79 Å². The van der Waals surface area contributed by atoms with Gasteiger partial charge in [0.25, 0.3) is 0 Å². The van der Waals surface area contributed by atoms with Gasteiger partial charge in [-0.25, -0.2) is 0 Å². The van der Waals surface area contributed by atoms with E-state index >= 15 is 0 Å². The Balaban J connectivity index is 2.45. The van der Waals surface area contributed by atoms with Crippen molar-refractivity contribution in [3.8, 4) is 0 Å². The van der Waals surface area contributed by atoms with Crippen LogP contribution in [0.4, 0.5) is 0 Å². The van der Waals surface area contributed by atoms with Crippen molar-refractivity contribution >= 4 is 45.7 Å². The molecule has 0 saturated carbocycles. The van der Waals surface area contributed by atoms with E-state index in [0.717, 1.165) is 9.76 Å². The molecule has 1 aromatic rings. The molecule has 0 N–H and O–H groups in total. The van der Waals surface area contributed by atoms with Crippen molar-refractivity contribution in [2.45, 2.75) is 19.8 Å². The van der Waals surface area contributed by atoms with Crippen molar-refractivity contribution in [3.05, 3.63) is 47.0 Å². The van der Waals surface area contributed by atoms with E-state index in [1.807, 2.05) is 43.3 Å². The van der Waals surface area contributed by atoms with Crippen molar-refractivity contribution in [1.29, 1.82) is 0 Å². The molecule has 2 nitrogen and oxygen atoms in total. The lowest BCUT2D eigenvalue weighted by Gasteiger charge is -2.11. The van der Waals surface area contributed by atoms with Gasteiger partial charge < -0.3 is 4.74 Å². The summed E-state index contributed by atoms with van der Waals surface area (Å²) in [7, 11) is 1.40. The molecule has 0 bridgehead atoms. The van der Waals surface area contributed by atoms with E-state index in [1.54, 1.807) is 11.8 Å². The fourth-order valence-electron chi connectivity index (χ4n) is 1.75. The van der Waals surface area contributed by atoms with Gasteiger partial charge in [-0.1, -0.05) is 67.2 Å². The largest absolute Gasteiger partial charge is 0.469 e. The topological polar surface area (TPSA) is 26.3 Å². The van der Waals surface area contributed by atoms with Crippen LogP contribution in [0.1, 0.15) is 25.3 Å². The minimum atomic E-state index is -0.212. The minimum Gasteiger partial charge on any atom is -0.469 e. The smallest absolute Gasteiger partial charge is 0.309 e. The first kappa shape index (κ1) is 18.2. The number of benzene rings is 1. The number of carbonyl (C=O) groups excluding carboxylic acids is 1. The number of hydrogen-bond donors (Lipinski definition) is 0. The predicted octanol–water partition coefficient (Wildman–Crippen LogP) is 4.81. The van der Waals surface area contributed by atoms with Gasteiger partial charge in [-0.3, -0.25) is 4.79 Å². The van der Waals surface area contributed by atoms with E-state index in [0.29, 0.717) is 23.6 Å². The van der Waals surface area contributed by atoms with E-state index in [2.05, 4.69) is 0 Å². The summed E-state index contributed by atoms with van der Waals surface area (Å²) < 4.78 is 5.60. The lowest BCUT2D eigenvalue weighted by Crippen LogP contribution is -2.15. The van der Waals surface area contributed by atoms with Gasteiger partial charge in [0.2, 0.25) is 0 Å². The first-order valence-corrected chi connectivity index (χ1v) is 8.50. The number of rotatable bonds is 7. The monoisotopic (exact) mass is 342 g/mol. The normalized spacial score (nSPS) is 12.8. The predicted molar refractivity (Wildman–Crippen MR) is 95.0 cm³/mol. The van der Waals surface area contributed by atoms with Crippen LogP contribution in [0.5, 0.6) is 0 Å². The highest BCUT2D eigenvalue weighted by Crippen LogP contribution is 2.21. The molecule has 0 spiro atoms. The van der Waals surface area contributed by atoms with Crippen LogP contribution in [-0.2, 0) is 9.53 Å². The summed E-state index contributed by atoms with van der Waals surface area (Å²) >= 11 is 13.1. The van der Waals surface area contributed by atoms with Crippen LogP contribution in [-0.4, -0.2) is 23.0 Å². The number of thioether (sulfide) groups is 1. The summed E-state index contributed by atoms with van der Waals surface area (Å²) in [5.41, 5.74) is 1.04. The van der Waals surface area contributed by atoms with Gasteiger partial charge in [0.05, 0.1) is 17.2 Å². The summed E-state index contributed by atoms with van der Waals surface area (Å²) in [6.07, 6.45) is 3.14. The first-order chi connectivity index (χ1) is 10.1. The molecule has 0 aliphatic rings. The van der Waals surface area contributed by atoms with Crippen LogP contribution in [0.25, 0.3) is 0 Å². The van der Waals surface area contributed by atoms with Crippen LogP contribution in [0, 0.1) is 5.92 Å². The Hall–Kier alpha value is -0.840. The molecular formula is C16H19ClO2S2. The van der Waals surface area contributed by atoms with Crippen molar-refractivity contribution < 1.29 is 9.53 Å². The molecule has 0 aromatic heterocycles.